The van der Waals surface area contributed by atoms with E-state index < -0.39 is 0 Å². The first-order valence-electron chi connectivity index (χ1n) is 5.37. The summed E-state index contributed by atoms with van der Waals surface area (Å²) in [7, 11) is 0. The number of rotatable bonds is 6. The van der Waals surface area contributed by atoms with Crippen molar-refractivity contribution in [3.05, 3.63) is 28.2 Å². The van der Waals surface area contributed by atoms with Gasteiger partial charge >= 0.3 is 5.97 Å². The highest BCUT2D eigenvalue weighted by Gasteiger charge is 2.05. The molecular weight excluding hydrogens is 284 g/mol. The van der Waals surface area contributed by atoms with Crippen molar-refractivity contribution >= 4 is 33.8 Å². The lowest BCUT2D eigenvalue weighted by atomic mass is 10.2. The van der Waals surface area contributed by atoms with E-state index in [-0.39, 0.29) is 5.97 Å². The van der Waals surface area contributed by atoms with Gasteiger partial charge < -0.3 is 15.5 Å². The normalized spacial score (nSPS) is 9.76. The Balaban J connectivity index is 2.55. The first kappa shape index (κ1) is 13.7. The van der Waals surface area contributed by atoms with Gasteiger partial charge in [-0.3, -0.25) is 4.79 Å². The minimum absolute atomic E-state index is 0.216. The van der Waals surface area contributed by atoms with Crippen LogP contribution in [0.5, 0.6) is 0 Å². The number of esters is 1. The molecule has 0 fully saturated rings. The van der Waals surface area contributed by atoms with Crippen LogP contribution in [0.25, 0.3) is 0 Å². The maximum Gasteiger partial charge on any atom is 0.307 e. The predicted molar refractivity (Wildman–Crippen MR) is 71.8 cm³/mol. The van der Waals surface area contributed by atoms with Gasteiger partial charge in [-0.25, -0.2) is 0 Å². The van der Waals surface area contributed by atoms with Gasteiger partial charge in [0.2, 0.25) is 0 Å². The number of carbonyl (C=O) groups is 1. The third-order valence-corrected chi connectivity index (χ3v) is 2.84. The zero-order valence-electron chi connectivity index (χ0n) is 9.63. The van der Waals surface area contributed by atoms with Crippen LogP contribution in [0, 0.1) is 5.41 Å². The predicted octanol–water partition coefficient (Wildman–Crippen LogP) is 2.81. The number of ether oxygens (including phenoxy) is 1. The first-order chi connectivity index (χ1) is 8.19. The van der Waals surface area contributed by atoms with E-state index in [1.54, 1.807) is 6.92 Å². The van der Waals surface area contributed by atoms with Gasteiger partial charge in [-0.1, -0.05) is 22.0 Å². The molecule has 2 N–H and O–H groups in total. The zero-order chi connectivity index (χ0) is 12.7. The van der Waals surface area contributed by atoms with E-state index in [9.17, 15) is 4.79 Å². The third-order valence-electron chi connectivity index (χ3n) is 2.15. The van der Waals surface area contributed by atoms with Crippen molar-refractivity contribution in [2.75, 3.05) is 18.5 Å². The maximum atomic E-state index is 11.1. The molecule has 0 aromatic heterocycles. The Morgan fingerprint density at radius 3 is 3.00 bits per heavy atom. The molecule has 1 rings (SSSR count). The van der Waals surface area contributed by atoms with Crippen LogP contribution < -0.4 is 5.32 Å². The zero-order valence-corrected chi connectivity index (χ0v) is 11.2. The van der Waals surface area contributed by atoms with E-state index >= 15 is 0 Å². The summed E-state index contributed by atoms with van der Waals surface area (Å²) in [6.45, 7) is 2.68. The molecule has 92 valence electrons. The van der Waals surface area contributed by atoms with Crippen molar-refractivity contribution in [1.82, 2.24) is 0 Å². The van der Waals surface area contributed by atoms with Crippen LogP contribution >= 0.6 is 15.9 Å². The van der Waals surface area contributed by atoms with Crippen LogP contribution in [0.4, 0.5) is 5.69 Å². The Labute approximate surface area is 109 Å². The highest BCUT2D eigenvalue weighted by atomic mass is 79.9. The van der Waals surface area contributed by atoms with Crippen molar-refractivity contribution in [3.8, 4) is 0 Å². The first-order valence-corrected chi connectivity index (χ1v) is 6.16. The summed E-state index contributed by atoms with van der Waals surface area (Å²) < 4.78 is 5.68. The van der Waals surface area contributed by atoms with Crippen molar-refractivity contribution in [2.45, 2.75) is 13.3 Å². The van der Waals surface area contributed by atoms with Crippen molar-refractivity contribution < 1.29 is 9.53 Å². The van der Waals surface area contributed by atoms with Crippen LogP contribution in [-0.2, 0) is 9.53 Å². The van der Waals surface area contributed by atoms with E-state index in [2.05, 4.69) is 21.2 Å². The monoisotopic (exact) mass is 298 g/mol. The number of hydrogen-bond acceptors (Lipinski definition) is 4. The van der Waals surface area contributed by atoms with E-state index in [1.165, 1.54) is 6.21 Å². The summed E-state index contributed by atoms with van der Waals surface area (Å²) in [5.41, 5.74) is 1.61. The van der Waals surface area contributed by atoms with Crippen molar-refractivity contribution in [3.63, 3.8) is 0 Å². The summed E-state index contributed by atoms with van der Waals surface area (Å²) in [4.78, 5) is 11.1. The van der Waals surface area contributed by atoms with Crippen LogP contribution in [0.2, 0.25) is 0 Å². The molecule has 1 aromatic carbocycles. The van der Waals surface area contributed by atoms with Crippen LogP contribution in [-0.4, -0.2) is 25.3 Å². The fraction of sp³-hybridized carbons (Fsp3) is 0.333. The van der Waals surface area contributed by atoms with E-state index in [1.807, 2.05) is 18.2 Å². The molecule has 0 aliphatic carbocycles. The van der Waals surface area contributed by atoms with Gasteiger partial charge in [0.05, 0.1) is 13.0 Å². The van der Waals surface area contributed by atoms with Crippen LogP contribution in [0.1, 0.15) is 18.9 Å². The molecule has 4 nitrogen and oxygen atoms in total. The molecule has 0 saturated heterocycles. The number of benzene rings is 1. The van der Waals surface area contributed by atoms with Gasteiger partial charge in [-0.05, 0) is 19.1 Å². The average Bonchev–Trinajstić information content (AvgIpc) is 2.29. The highest BCUT2D eigenvalue weighted by molar-refractivity contribution is 9.10. The molecule has 0 atom stereocenters. The van der Waals surface area contributed by atoms with Crippen molar-refractivity contribution in [1.29, 1.82) is 5.41 Å². The number of anilines is 1. The number of carbonyl (C=O) groups excluding carboxylic acids is 1. The summed E-state index contributed by atoms with van der Waals surface area (Å²) in [6.07, 6.45) is 1.59. The summed E-state index contributed by atoms with van der Waals surface area (Å²) in [5.74, 6) is -0.216. The maximum absolute atomic E-state index is 11.1. The molecule has 17 heavy (non-hydrogen) atoms. The largest absolute Gasteiger partial charge is 0.466 e. The SMILES string of the molecule is CCOC(=O)CCNc1cccc(Br)c1C=N. The number of hydrogen-bond donors (Lipinski definition) is 2. The molecule has 0 bridgehead atoms. The molecule has 0 saturated carbocycles. The van der Waals surface area contributed by atoms with Gasteiger partial charge in [0.25, 0.3) is 0 Å². The van der Waals surface area contributed by atoms with E-state index in [0.29, 0.717) is 19.6 Å². The molecule has 0 radical (unpaired) electrons. The van der Waals surface area contributed by atoms with Gasteiger partial charge in [0.1, 0.15) is 0 Å². The Bertz CT molecular complexity index is 407. The molecule has 0 spiro atoms. The fourth-order valence-electron chi connectivity index (χ4n) is 1.37. The highest BCUT2D eigenvalue weighted by Crippen LogP contribution is 2.22. The molecule has 0 unspecified atom stereocenters. The van der Waals surface area contributed by atoms with Crippen LogP contribution in [0.15, 0.2) is 22.7 Å². The van der Waals surface area contributed by atoms with Crippen LogP contribution in [0.3, 0.4) is 0 Å². The second-order valence-electron chi connectivity index (χ2n) is 3.33. The Hall–Kier alpha value is -1.36. The Morgan fingerprint density at radius 1 is 1.59 bits per heavy atom. The molecule has 5 heteroatoms. The quantitative estimate of drug-likeness (QED) is 0.627. The molecule has 0 aliphatic rings. The second kappa shape index (κ2) is 7.06. The number of nitrogens with one attached hydrogen (secondary N) is 2. The summed E-state index contributed by atoms with van der Waals surface area (Å²) in [6, 6.07) is 5.62. The molecular formula is C12H15BrN2O2. The molecule has 0 heterocycles. The summed E-state index contributed by atoms with van der Waals surface area (Å²) >= 11 is 3.37. The lowest BCUT2D eigenvalue weighted by Crippen LogP contribution is -2.12. The Kier molecular flexibility index (Phi) is 5.69. The fourth-order valence-corrected chi connectivity index (χ4v) is 1.85. The minimum Gasteiger partial charge on any atom is -0.466 e. The van der Waals surface area contributed by atoms with Gasteiger partial charge in [-0.15, -0.1) is 0 Å². The third kappa shape index (κ3) is 4.19. The van der Waals surface area contributed by atoms with Crippen molar-refractivity contribution in [2.24, 2.45) is 0 Å². The average molecular weight is 299 g/mol. The van der Waals surface area contributed by atoms with Gasteiger partial charge in [0.15, 0.2) is 0 Å². The number of halogens is 1. The second-order valence-corrected chi connectivity index (χ2v) is 4.18. The standard InChI is InChI=1S/C12H15BrN2O2/c1-2-17-12(16)6-7-15-11-5-3-4-10(13)9(11)8-14/h3-5,8,14-15H,2,6-7H2,1H3. The lowest BCUT2D eigenvalue weighted by molar-refractivity contribution is -0.142. The Morgan fingerprint density at radius 2 is 2.35 bits per heavy atom. The van der Waals surface area contributed by atoms with E-state index in [4.69, 9.17) is 10.1 Å². The molecule has 1 aromatic rings. The lowest BCUT2D eigenvalue weighted by Gasteiger charge is -2.10. The molecule has 0 amide bonds. The van der Waals surface area contributed by atoms with Gasteiger partial charge in [-0.2, -0.15) is 0 Å². The summed E-state index contributed by atoms with van der Waals surface area (Å²) in [5, 5.41) is 10.4. The molecule has 0 aliphatic heterocycles. The smallest absolute Gasteiger partial charge is 0.307 e. The van der Waals surface area contributed by atoms with E-state index in [0.717, 1.165) is 15.7 Å². The minimum atomic E-state index is -0.216. The topological polar surface area (TPSA) is 62.2 Å². The van der Waals surface area contributed by atoms with Gasteiger partial charge in [0, 0.05) is 28.5 Å².